The lowest BCUT2D eigenvalue weighted by atomic mass is 9.83. The van der Waals surface area contributed by atoms with Crippen LogP contribution in [-0.4, -0.2) is 70.1 Å². The van der Waals surface area contributed by atoms with Crippen molar-refractivity contribution in [2.75, 3.05) is 31.1 Å². The molecule has 4 atom stereocenters. The van der Waals surface area contributed by atoms with Gasteiger partial charge in [-0.2, -0.15) is 5.26 Å². The van der Waals surface area contributed by atoms with E-state index in [-0.39, 0.29) is 17.4 Å². The van der Waals surface area contributed by atoms with Crippen molar-refractivity contribution < 1.29 is 14.9 Å². The molecule has 0 saturated carbocycles. The molecule has 0 radical (unpaired) electrons. The van der Waals surface area contributed by atoms with E-state index in [1.54, 1.807) is 0 Å². The van der Waals surface area contributed by atoms with Gasteiger partial charge in [0.15, 0.2) is 0 Å². The van der Waals surface area contributed by atoms with Gasteiger partial charge in [0, 0.05) is 54.8 Å². The molecule has 0 aliphatic carbocycles. The first kappa shape index (κ1) is 26.3. The molecule has 3 aromatic rings. The van der Waals surface area contributed by atoms with E-state index in [0.29, 0.717) is 55.6 Å². The van der Waals surface area contributed by atoms with Crippen LogP contribution in [0.4, 0.5) is 5.69 Å². The number of aromatic nitrogens is 1. The number of aromatic hydroxyl groups is 1. The summed E-state index contributed by atoms with van der Waals surface area (Å²) in [5, 5.41) is 37.5. The maximum Gasteiger partial charge on any atom is 0.232 e. The van der Waals surface area contributed by atoms with E-state index in [9.17, 15) is 15.5 Å². The number of hydrogen-bond donors (Lipinski definition) is 3. The second-order valence-corrected chi connectivity index (χ2v) is 13.3. The number of ether oxygens (including phenoxy) is 1. The van der Waals surface area contributed by atoms with Gasteiger partial charge in [-0.3, -0.25) is 4.90 Å². The molecule has 218 valence electrons. The molecule has 1 aromatic heterocycles. The number of hydrogen-bond acceptors (Lipinski definition) is 8. The van der Waals surface area contributed by atoms with Crippen LogP contribution in [0.1, 0.15) is 73.2 Å². The van der Waals surface area contributed by atoms with Crippen molar-refractivity contribution in [3.05, 3.63) is 58.8 Å². The SMILES string of the molecule is N#Cc1c(OCC23CCCN2CC(O)C3)nc(C2CC3CCC(C2)N3)c2c1CN(c1cc(O)cc3ccccc13)CC2. The zero-order valence-corrected chi connectivity index (χ0v) is 24.1. The molecule has 5 aliphatic heterocycles. The molecule has 2 bridgehead atoms. The summed E-state index contributed by atoms with van der Waals surface area (Å²) in [6.07, 6.45) is 7.89. The van der Waals surface area contributed by atoms with Crippen molar-refractivity contribution in [2.24, 2.45) is 0 Å². The topological polar surface area (TPSA) is 105 Å². The molecule has 8 rings (SSSR count). The molecule has 3 N–H and O–H groups in total. The Morgan fingerprint density at radius 1 is 1.12 bits per heavy atom. The Morgan fingerprint density at radius 2 is 1.95 bits per heavy atom. The molecule has 6 heterocycles. The zero-order valence-electron chi connectivity index (χ0n) is 24.1. The number of anilines is 1. The average molecular weight is 566 g/mol. The number of aliphatic hydroxyl groups is 1. The van der Waals surface area contributed by atoms with Crippen molar-refractivity contribution in [3.63, 3.8) is 0 Å². The van der Waals surface area contributed by atoms with Crippen molar-refractivity contribution in [3.8, 4) is 17.7 Å². The van der Waals surface area contributed by atoms with E-state index in [4.69, 9.17) is 9.72 Å². The number of rotatable bonds is 5. The third-order valence-corrected chi connectivity index (χ3v) is 10.8. The number of phenolic OH excluding ortho intramolecular Hbond substituents is 1. The van der Waals surface area contributed by atoms with Gasteiger partial charge in [-0.05, 0) is 80.5 Å². The van der Waals surface area contributed by atoms with Gasteiger partial charge in [0.2, 0.25) is 5.88 Å². The fourth-order valence-electron chi connectivity index (χ4n) is 8.91. The van der Waals surface area contributed by atoms with Gasteiger partial charge in [0.25, 0.3) is 0 Å². The summed E-state index contributed by atoms with van der Waals surface area (Å²) in [5.74, 6) is 1.07. The monoisotopic (exact) mass is 565 g/mol. The minimum absolute atomic E-state index is 0.176. The second kappa shape index (κ2) is 10.1. The first-order chi connectivity index (χ1) is 20.5. The van der Waals surface area contributed by atoms with Crippen LogP contribution in [0.25, 0.3) is 10.8 Å². The highest BCUT2D eigenvalue weighted by molar-refractivity contribution is 5.95. The molecule has 2 aromatic carbocycles. The predicted octanol–water partition coefficient (Wildman–Crippen LogP) is 4.35. The fourth-order valence-corrected chi connectivity index (χ4v) is 8.91. The van der Waals surface area contributed by atoms with Gasteiger partial charge in [0.05, 0.1) is 17.3 Å². The number of piperidine rings is 1. The van der Waals surface area contributed by atoms with Crippen LogP contribution >= 0.6 is 0 Å². The molecule has 0 amide bonds. The average Bonchev–Trinajstić information content (AvgIpc) is 3.64. The third kappa shape index (κ3) is 4.33. The molecule has 0 spiro atoms. The molecule has 8 heteroatoms. The number of nitriles is 1. The number of nitrogens with zero attached hydrogens (tertiary/aromatic N) is 4. The highest BCUT2D eigenvalue weighted by atomic mass is 16.5. The maximum absolute atomic E-state index is 10.6. The minimum atomic E-state index is -0.327. The Hall–Kier alpha value is -3.38. The molecular weight excluding hydrogens is 526 g/mol. The number of pyridine rings is 1. The lowest BCUT2D eigenvalue weighted by Crippen LogP contribution is -2.43. The highest BCUT2D eigenvalue weighted by Crippen LogP contribution is 2.44. The number of benzene rings is 2. The van der Waals surface area contributed by atoms with Gasteiger partial charge in [0.1, 0.15) is 24.0 Å². The largest absolute Gasteiger partial charge is 0.508 e. The highest BCUT2D eigenvalue weighted by Gasteiger charge is 2.49. The lowest BCUT2D eigenvalue weighted by molar-refractivity contribution is 0.109. The number of β-amino-alcohol motifs (C(OH)–C–C–N with tert-alkyl or cyclic N) is 1. The molecule has 5 aliphatic rings. The van der Waals surface area contributed by atoms with Crippen molar-refractivity contribution in [2.45, 2.75) is 87.6 Å². The standard InChI is InChI=1S/C34H39N5O3/c35-17-29-30-19-38(31-15-25(40)14-21-4-1-2-5-27(21)31)11-8-28(30)32(22-12-23-6-7-24(13-22)36-23)37-33(29)42-20-34-9-3-10-39(34)18-26(41)16-34/h1-2,4-5,14-15,22-24,26,36,40-41H,3,6-13,16,18-20H2. The van der Waals surface area contributed by atoms with Crippen molar-refractivity contribution in [1.29, 1.82) is 5.26 Å². The van der Waals surface area contributed by atoms with Crippen LogP contribution in [0.5, 0.6) is 11.6 Å². The van der Waals surface area contributed by atoms with Gasteiger partial charge in [-0.1, -0.05) is 24.3 Å². The van der Waals surface area contributed by atoms with Crippen molar-refractivity contribution >= 4 is 16.5 Å². The van der Waals surface area contributed by atoms with Crippen LogP contribution < -0.4 is 15.0 Å². The van der Waals surface area contributed by atoms with Crippen molar-refractivity contribution in [1.82, 2.24) is 15.2 Å². The third-order valence-electron chi connectivity index (χ3n) is 10.8. The molecule has 8 nitrogen and oxygen atoms in total. The van der Waals surface area contributed by atoms with E-state index >= 15 is 0 Å². The number of fused-ring (bicyclic) bond motifs is 5. The summed E-state index contributed by atoms with van der Waals surface area (Å²) in [5.41, 5.74) is 4.73. The Labute approximate surface area is 246 Å². The van der Waals surface area contributed by atoms with Gasteiger partial charge in [-0.15, -0.1) is 0 Å². The molecular formula is C34H39N5O3. The number of nitrogens with one attached hydrogen (secondary N) is 1. The summed E-state index contributed by atoms with van der Waals surface area (Å²) in [7, 11) is 0. The van der Waals surface area contributed by atoms with E-state index in [1.165, 1.54) is 18.4 Å². The molecule has 4 unspecified atom stereocenters. The smallest absolute Gasteiger partial charge is 0.232 e. The quantitative estimate of drug-likeness (QED) is 0.420. The Balaban J connectivity index is 1.20. The summed E-state index contributed by atoms with van der Waals surface area (Å²) in [6, 6.07) is 15.4. The summed E-state index contributed by atoms with van der Waals surface area (Å²) >= 11 is 0. The van der Waals surface area contributed by atoms with Crippen LogP contribution in [0.3, 0.4) is 0 Å². The molecule has 4 saturated heterocycles. The Kier molecular flexibility index (Phi) is 6.33. The predicted molar refractivity (Wildman–Crippen MR) is 161 cm³/mol. The second-order valence-electron chi connectivity index (χ2n) is 13.3. The maximum atomic E-state index is 10.6. The fraction of sp³-hybridized carbons (Fsp3) is 0.529. The summed E-state index contributed by atoms with van der Waals surface area (Å²) in [6.45, 7) is 3.50. The lowest BCUT2D eigenvalue weighted by Gasteiger charge is -2.37. The van der Waals surface area contributed by atoms with Crippen LogP contribution in [0.2, 0.25) is 0 Å². The van der Waals surface area contributed by atoms with Crippen LogP contribution in [0, 0.1) is 11.3 Å². The first-order valence-electron chi connectivity index (χ1n) is 15.7. The van der Waals surface area contributed by atoms with E-state index in [0.717, 1.165) is 72.9 Å². The van der Waals surface area contributed by atoms with E-state index in [1.807, 2.05) is 30.3 Å². The number of phenols is 1. The zero-order chi connectivity index (χ0) is 28.4. The summed E-state index contributed by atoms with van der Waals surface area (Å²) < 4.78 is 6.60. The molecule has 4 fully saturated rings. The Bertz CT molecular complexity index is 1570. The molecule has 42 heavy (non-hydrogen) atoms. The van der Waals surface area contributed by atoms with E-state index < -0.39 is 0 Å². The number of aliphatic hydroxyl groups excluding tert-OH is 1. The van der Waals surface area contributed by atoms with Crippen LogP contribution in [0.15, 0.2) is 36.4 Å². The van der Waals surface area contributed by atoms with Gasteiger partial charge in [-0.25, -0.2) is 4.98 Å². The van der Waals surface area contributed by atoms with Crippen LogP contribution in [-0.2, 0) is 13.0 Å². The normalized spacial score (nSPS) is 30.3. The van der Waals surface area contributed by atoms with E-state index in [2.05, 4.69) is 27.3 Å². The minimum Gasteiger partial charge on any atom is -0.508 e. The van der Waals surface area contributed by atoms with Gasteiger partial charge < -0.3 is 25.2 Å². The summed E-state index contributed by atoms with van der Waals surface area (Å²) in [4.78, 5) is 9.90. The van der Waals surface area contributed by atoms with Gasteiger partial charge >= 0.3 is 0 Å². The Morgan fingerprint density at radius 3 is 2.79 bits per heavy atom. The first-order valence-corrected chi connectivity index (χ1v) is 15.7.